The molecule has 1 aromatic carbocycles. The highest BCUT2D eigenvalue weighted by Gasteiger charge is 2.08. The molecule has 18 heavy (non-hydrogen) atoms. The van der Waals surface area contributed by atoms with Crippen molar-refractivity contribution in [2.45, 2.75) is 32.5 Å². The summed E-state index contributed by atoms with van der Waals surface area (Å²) in [5.41, 5.74) is 0.990. The average Bonchev–Trinajstić information content (AvgIpc) is 2.36. The van der Waals surface area contributed by atoms with Crippen molar-refractivity contribution in [1.82, 2.24) is 4.90 Å². The molecule has 1 rings (SSSR count). The van der Waals surface area contributed by atoms with E-state index in [2.05, 4.69) is 11.9 Å². The molecule has 0 spiro atoms. The standard InChI is InChI=1S/C15H25NO2/c1-13(2)18-12-11-16(3)10-9-15(17)14-7-5-4-6-8-14/h4-8,13,15,17H,9-12H2,1-3H3. The maximum Gasteiger partial charge on any atom is 0.0802 e. The SMILES string of the molecule is CC(C)OCCN(C)CCC(O)c1ccccc1. The highest BCUT2D eigenvalue weighted by Crippen LogP contribution is 2.15. The number of aliphatic hydroxyl groups is 1. The molecule has 1 aromatic rings. The Labute approximate surface area is 110 Å². The Balaban J connectivity index is 2.20. The molecule has 0 saturated heterocycles. The third-order valence-electron chi connectivity index (χ3n) is 2.89. The monoisotopic (exact) mass is 251 g/mol. The van der Waals surface area contributed by atoms with Crippen LogP contribution in [0.1, 0.15) is 31.9 Å². The molecule has 0 amide bonds. The number of nitrogens with zero attached hydrogens (tertiary/aromatic N) is 1. The lowest BCUT2D eigenvalue weighted by atomic mass is 10.1. The molecular weight excluding hydrogens is 226 g/mol. The van der Waals surface area contributed by atoms with E-state index in [9.17, 15) is 5.11 Å². The maximum absolute atomic E-state index is 10.0. The van der Waals surface area contributed by atoms with Gasteiger partial charge in [0.05, 0.1) is 18.8 Å². The Morgan fingerprint density at radius 2 is 1.83 bits per heavy atom. The lowest BCUT2D eigenvalue weighted by Gasteiger charge is -2.19. The summed E-state index contributed by atoms with van der Waals surface area (Å²) in [4.78, 5) is 2.19. The first-order chi connectivity index (χ1) is 8.59. The van der Waals surface area contributed by atoms with Crippen molar-refractivity contribution < 1.29 is 9.84 Å². The topological polar surface area (TPSA) is 32.7 Å². The highest BCUT2D eigenvalue weighted by molar-refractivity contribution is 5.17. The fourth-order valence-corrected chi connectivity index (χ4v) is 1.74. The van der Waals surface area contributed by atoms with Crippen LogP contribution < -0.4 is 0 Å². The first-order valence-corrected chi connectivity index (χ1v) is 6.62. The van der Waals surface area contributed by atoms with Gasteiger partial charge in [-0.25, -0.2) is 0 Å². The van der Waals surface area contributed by atoms with Crippen LogP contribution in [0.2, 0.25) is 0 Å². The van der Waals surface area contributed by atoms with Crippen LogP contribution in [0.15, 0.2) is 30.3 Å². The van der Waals surface area contributed by atoms with Gasteiger partial charge >= 0.3 is 0 Å². The predicted molar refractivity (Wildman–Crippen MR) is 74.6 cm³/mol. The largest absolute Gasteiger partial charge is 0.388 e. The summed E-state index contributed by atoms with van der Waals surface area (Å²) in [6, 6.07) is 9.81. The van der Waals surface area contributed by atoms with Gasteiger partial charge in [-0.3, -0.25) is 0 Å². The van der Waals surface area contributed by atoms with E-state index in [0.29, 0.717) is 0 Å². The molecule has 1 unspecified atom stereocenters. The van der Waals surface area contributed by atoms with E-state index in [1.165, 1.54) is 0 Å². The quantitative estimate of drug-likeness (QED) is 0.770. The number of benzene rings is 1. The maximum atomic E-state index is 10.0. The second-order valence-corrected chi connectivity index (χ2v) is 4.94. The summed E-state index contributed by atoms with van der Waals surface area (Å²) in [5, 5.41) is 10.0. The van der Waals surface area contributed by atoms with Gasteiger partial charge in [-0.05, 0) is 32.9 Å². The molecule has 0 radical (unpaired) electrons. The lowest BCUT2D eigenvalue weighted by molar-refractivity contribution is 0.0601. The van der Waals surface area contributed by atoms with E-state index in [1.54, 1.807) is 0 Å². The minimum atomic E-state index is -0.375. The Morgan fingerprint density at radius 3 is 2.44 bits per heavy atom. The predicted octanol–water partition coefficient (Wildman–Crippen LogP) is 2.47. The summed E-state index contributed by atoms with van der Waals surface area (Å²) >= 11 is 0. The molecule has 1 N–H and O–H groups in total. The normalized spacial score (nSPS) is 13.2. The Morgan fingerprint density at radius 1 is 1.17 bits per heavy atom. The second kappa shape index (κ2) is 8.25. The third-order valence-corrected chi connectivity index (χ3v) is 2.89. The minimum absolute atomic E-state index is 0.285. The summed E-state index contributed by atoms with van der Waals surface area (Å²) in [5.74, 6) is 0. The summed E-state index contributed by atoms with van der Waals surface area (Å²) in [6.07, 6.45) is 0.662. The van der Waals surface area contributed by atoms with Gasteiger partial charge in [0.2, 0.25) is 0 Å². The van der Waals surface area contributed by atoms with Crippen LogP contribution in [0.4, 0.5) is 0 Å². The Hall–Kier alpha value is -0.900. The fourth-order valence-electron chi connectivity index (χ4n) is 1.74. The van der Waals surface area contributed by atoms with Crippen LogP contribution in [0.3, 0.4) is 0 Å². The number of aliphatic hydroxyl groups excluding tert-OH is 1. The van der Waals surface area contributed by atoms with Gasteiger partial charge < -0.3 is 14.7 Å². The van der Waals surface area contributed by atoms with Crippen LogP contribution in [-0.4, -0.2) is 42.9 Å². The fraction of sp³-hybridized carbons (Fsp3) is 0.600. The van der Waals surface area contributed by atoms with Gasteiger partial charge in [-0.2, -0.15) is 0 Å². The van der Waals surface area contributed by atoms with Crippen molar-refractivity contribution in [1.29, 1.82) is 0 Å². The molecular formula is C15H25NO2. The number of ether oxygens (including phenoxy) is 1. The van der Waals surface area contributed by atoms with Crippen LogP contribution in [-0.2, 0) is 4.74 Å². The highest BCUT2D eigenvalue weighted by atomic mass is 16.5. The Bertz CT molecular complexity index is 314. The summed E-state index contributed by atoms with van der Waals surface area (Å²) < 4.78 is 5.50. The van der Waals surface area contributed by atoms with Crippen LogP contribution in [0, 0.1) is 0 Å². The molecule has 0 fully saturated rings. The number of hydrogen-bond acceptors (Lipinski definition) is 3. The summed E-state index contributed by atoms with van der Waals surface area (Å²) in [7, 11) is 2.06. The van der Waals surface area contributed by atoms with E-state index in [0.717, 1.165) is 31.7 Å². The van der Waals surface area contributed by atoms with Gasteiger partial charge in [0.25, 0.3) is 0 Å². The first kappa shape index (κ1) is 15.2. The van der Waals surface area contributed by atoms with Crippen molar-refractivity contribution in [2.75, 3.05) is 26.7 Å². The lowest BCUT2D eigenvalue weighted by Crippen LogP contribution is -2.26. The van der Waals surface area contributed by atoms with Crippen molar-refractivity contribution >= 4 is 0 Å². The van der Waals surface area contributed by atoms with Gasteiger partial charge in [0.1, 0.15) is 0 Å². The van der Waals surface area contributed by atoms with Crippen molar-refractivity contribution in [3.8, 4) is 0 Å². The average molecular weight is 251 g/mol. The molecule has 0 aliphatic rings. The second-order valence-electron chi connectivity index (χ2n) is 4.94. The molecule has 0 aromatic heterocycles. The molecule has 1 atom stereocenters. The Kier molecular flexibility index (Phi) is 6.94. The molecule has 0 heterocycles. The zero-order chi connectivity index (χ0) is 13.4. The van der Waals surface area contributed by atoms with Gasteiger partial charge in [0, 0.05) is 13.1 Å². The summed E-state index contributed by atoms with van der Waals surface area (Å²) in [6.45, 7) is 6.60. The van der Waals surface area contributed by atoms with E-state index in [1.807, 2.05) is 44.2 Å². The third kappa shape index (κ3) is 6.15. The minimum Gasteiger partial charge on any atom is -0.388 e. The first-order valence-electron chi connectivity index (χ1n) is 6.62. The zero-order valence-electron chi connectivity index (χ0n) is 11.7. The van der Waals surface area contributed by atoms with Gasteiger partial charge in [-0.15, -0.1) is 0 Å². The molecule has 0 aliphatic carbocycles. The molecule has 3 nitrogen and oxygen atoms in total. The molecule has 0 aliphatic heterocycles. The van der Waals surface area contributed by atoms with E-state index < -0.39 is 0 Å². The smallest absolute Gasteiger partial charge is 0.0802 e. The number of likely N-dealkylation sites (N-methyl/N-ethyl adjacent to an activating group) is 1. The molecule has 102 valence electrons. The van der Waals surface area contributed by atoms with Crippen LogP contribution in [0.5, 0.6) is 0 Å². The van der Waals surface area contributed by atoms with Gasteiger partial charge in [0.15, 0.2) is 0 Å². The van der Waals surface area contributed by atoms with E-state index in [-0.39, 0.29) is 12.2 Å². The molecule has 0 bridgehead atoms. The van der Waals surface area contributed by atoms with E-state index in [4.69, 9.17) is 4.74 Å². The van der Waals surface area contributed by atoms with Crippen molar-refractivity contribution in [3.63, 3.8) is 0 Å². The van der Waals surface area contributed by atoms with Crippen LogP contribution >= 0.6 is 0 Å². The van der Waals surface area contributed by atoms with Gasteiger partial charge in [-0.1, -0.05) is 30.3 Å². The zero-order valence-corrected chi connectivity index (χ0v) is 11.7. The number of rotatable bonds is 8. The number of hydrogen-bond donors (Lipinski definition) is 1. The molecule has 3 heteroatoms. The van der Waals surface area contributed by atoms with Crippen molar-refractivity contribution in [3.05, 3.63) is 35.9 Å². The molecule has 0 saturated carbocycles. The van der Waals surface area contributed by atoms with Crippen LogP contribution in [0.25, 0.3) is 0 Å². The van der Waals surface area contributed by atoms with E-state index >= 15 is 0 Å². The van der Waals surface area contributed by atoms with Crippen molar-refractivity contribution in [2.24, 2.45) is 0 Å².